The molecule has 1 saturated heterocycles. The van der Waals surface area contributed by atoms with Gasteiger partial charge in [-0.25, -0.2) is 0 Å². The van der Waals surface area contributed by atoms with Crippen LogP contribution in [0, 0.1) is 0 Å². The highest BCUT2D eigenvalue weighted by atomic mass is 16.5. The summed E-state index contributed by atoms with van der Waals surface area (Å²) in [5.74, 6) is 0. The molecule has 2 atom stereocenters. The zero-order valence-corrected chi connectivity index (χ0v) is 12.4. The molecule has 108 valence electrons. The van der Waals surface area contributed by atoms with Crippen molar-refractivity contribution in [1.82, 2.24) is 4.90 Å². The molecule has 0 radical (unpaired) electrons. The van der Waals surface area contributed by atoms with E-state index in [1.165, 1.54) is 0 Å². The van der Waals surface area contributed by atoms with Gasteiger partial charge in [0.2, 0.25) is 0 Å². The minimum Gasteiger partial charge on any atom is -0.377 e. The molecule has 18 heavy (non-hydrogen) atoms. The van der Waals surface area contributed by atoms with Crippen molar-refractivity contribution in [3.8, 4) is 0 Å². The first kappa shape index (κ1) is 15.9. The van der Waals surface area contributed by atoms with Gasteiger partial charge in [-0.3, -0.25) is 0 Å². The summed E-state index contributed by atoms with van der Waals surface area (Å²) >= 11 is 0. The average Bonchev–Trinajstić information content (AvgIpc) is 2.60. The third kappa shape index (κ3) is 4.84. The molecule has 1 rings (SSSR count). The summed E-state index contributed by atoms with van der Waals surface area (Å²) in [4.78, 5) is 2.48. The van der Waals surface area contributed by atoms with Gasteiger partial charge in [0.05, 0.1) is 11.7 Å². The highest BCUT2D eigenvalue weighted by Crippen LogP contribution is 2.16. The molecule has 0 aliphatic carbocycles. The van der Waals surface area contributed by atoms with Crippen LogP contribution in [-0.2, 0) is 9.47 Å². The van der Waals surface area contributed by atoms with Crippen LogP contribution in [0.15, 0.2) is 0 Å². The predicted molar refractivity (Wildman–Crippen MR) is 74.8 cm³/mol. The van der Waals surface area contributed by atoms with E-state index >= 15 is 0 Å². The summed E-state index contributed by atoms with van der Waals surface area (Å²) in [5, 5.41) is 0. The predicted octanol–water partition coefficient (Wildman–Crippen LogP) is 1.63. The van der Waals surface area contributed by atoms with E-state index in [1.54, 1.807) is 7.11 Å². The largest absolute Gasteiger partial charge is 0.377 e. The van der Waals surface area contributed by atoms with Gasteiger partial charge in [-0.15, -0.1) is 0 Å². The summed E-state index contributed by atoms with van der Waals surface area (Å²) < 4.78 is 11.2. The van der Waals surface area contributed by atoms with Gasteiger partial charge in [-0.05, 0) is 39.7 Å². The maximum Gasteiger partial charge on any atom is 0.0773 e. The van der Waals surface area contributed by atoms with Crippen molar-refractivity contribution >= 4 is 0 Å². The summed E-state index contributed by atoms with van der Waals surface area (Å²) in [6.07, 6.45) is 3.57. The van der Waals surface area contributed by atoms with Crippen LogP contribution in [0.3, 0.4) is 0 Å². The van der Waals surface area contributed by atoms with Crippen LogP contribution in [0.25, 0.3) is 0 Å². The molecular weight excluding hydrogens is 228 g/mol. The van der Waals surface area contributed by atoms with Gasteiger partial charge in [-0.2, -0.15) is 0 Å². The highest BCUT2D eigenvalue weighted by Gasteiger charge is 2.26. The quantitative estimate of drug-likeness (QED) is 0.786. The van der Waals surface area contributed by atoms with Crippen molar-refractivity contribution in [2.24, 2.45) is 5.73 Å². The van der Waals surface area contributed by atoms with Gasteiger partial charge < -0.3 is 20.1 Å². The SMILES string of the molecule is CCC1CN(CCC(N)C(C)(C)OC)CCCO1. The highest BCUT2D eigenvalue weighted by molar-refractivity contribution is 4.83. The van der Waals surface area contributed by atoms with Crippen LogP contribution in [0.1, 0.15) is 40.0 Å². The lowest BCUT2D eigenvalue weighted by atomic mass is 9.96. The number of methoxy groups -OCH3 is 1. The Kier molecular flexibility index (Phi) is 6.57. The molecule has 0 bridgehead atoms. The number of nitrogens with zero attached hydrogens (tertiary/aromatic N) is 1. The maximum atomic E-state index is 6.20. The number of nitrogens with two attached hydrogens (primary N) is 1. The van der Waals surface area contributed by atoms with Gasteiger partial charge in [0.15, 0.2) is 0 Å². The number of hydrogen-bond donors (Lipinski definition) is 1. The van der Waals surface area contributed by atoms with Gasteiger partial charge in [0.1, 0.15) is 0 Å². The van der Waals surface area contributed by atoms with E-state index in [0.29, 0.717) is 6.10 Å². The fraction of sp³-hybridized carbons (Fsp3) is 1.00. The zero-order valence-electron chi connectivity index (χ0n) is 12.4. The summed E-state index contributed by atoms with van der Waals surface area (Å²) in [6.45, 7) is 10.4. The van der Waals surface area contributed by atoms with Crippen LogP contribution in [0.4, 0.5) is 0 Å². The Bertz CT molecular complexity index is 234. The Morgan fingerprint density at radius 1 is 1.50 bits per heavy atom. The molecule has 2 N–H and O–H groups in total. The Labute approximate surface area is 112 Å². The molecule has 0 amide bonds. The summed E-state index contributed by atoms with van der Waals surface area (Å²) in [6, 6.07) is 0.0757. The van der Waals surface area contributed by atoms with E-state index in [2.05, 4.69) is 25.7 Å². The molecule has 0 aromatic rings. The minimum atomic E-state index is -0.244. The van der Waals surface area contributed by atoms with Crippen molar-refractivity contribution in [3.63, 3.8) is 0 Å². The topological polar surface area (TPSA) is 47.7 Å². The molecule has 1 aliphatic heterocycles. The van der Waals surface area contributed by atoms with E-state index in [-0.39, 0.29) is 11.6 Å². The Morgan fingerprint density at radius 2 is 2.22 bits per heavy atom. The first-order valence-electron chi connectivity index (χ1n) is 7.14. The second kappa shape index (κ2) is 7.43. The Morgan fingerprint density at radius 3 is 2.83 bits per heavy atom. The fourth-order valence-corrected chi connectivity index (χ4v) is 2.24. The lowest BCUT2D eigenvalue weighted by Crippen LogP contribution is -2.47. The molecule has 0 aromatic carbocycles. The van der Waals surface area contributed by atoms with E-state index in [0.717, 1.165) is 45.5 Å². The third-order valence-electron chi connectivity index (χ3n) is 4.06. The van der Waals surface area contributed by atoms with Gasteiger partial charge >= 0.3 is 0 Å². The molecular formula is C14H30N2O2. The number of ether oxygens (including phenoxy) is 2. The molecule has 4 nitrogen and oxygen atoms in total. The fourth-order valence-electron chi connectivity index (χ4n) is 2.24. The van der Waals surface area contributed by atoms with E-state index in [9.17, 15) is 0 Å². The molecule has 1 aliphatic rings. The standard InChI is InChI=1S/C14H30N2O2/c1-5-12-11-16(8-6-10-18-12)9-7-13(15)14(2,3)17-4/h12-13H,5-11,15H2,1-4H3. The normalized spacial score (nSPS) is 24.8. The first-order chi connectivity index (χ1) is 8.49. The first-order valence-corrected chi connectivity index (χ1v) is 7.14. The number of hydrogen-bond acceptors (Lipinski definition) is 4. The van der Waals surface area contributed by atoms with E-state index < -0.39 is 0 Å². The second-order valence-corrected chi connectivity index (χ2v) is 5.76. The van der Waals surface area contributed by atoms with Gasteiger partial charge in [0.25, 0.3) is 0 Å². The lowest BCUT2D eigenvalue weighted by Gasteiger charge is -2.32. The molecule has 2 unspecified atom stereocenters. The number of rotatable bonds is 6. The second-order valence-electron chi connectivity index (χ2n) is 5.76. The summed E-state index contributed by atoms with van der Waals surface area (Å²) in [5.41, 5.74) is 5.96. The van der Waals surface area contributed by atoms with Crippen molar-refractivity contribution in [1.29, 1.82) is 0 Å². The van der Waals surface area contributed by atoms with Crippen LogP contribution in [0.5, 0.6) is 0 Å². The van der Waals surface area contributed by atoms with Crippen LogP contribution >= 0.6 is 0 Å². The minimum absolute atomic E-state index is 0.0757. The van der Waals surface area contributed by atoms with Crippen LogP contribution in [0.2, 0.25) is 0 Å². The average molecular weight is 258 g/mol. The van der Waals surface area contributed by atoms with E-state index in [4.69, 9.17) is 15.2 Å². The molecule has 0 aromatic heterocycles. The summed E-state index contributed by atoms with van der Waals surface area (Å²) in [7, 11) is 1.73. The van der Waals surface area contributed by atoms with Gasteiger partial charge in [-0.1, -0.05) is 6.92 Å². The molecule has 0 spiro atoms. The van der Waals surface area contributed by atoms with Gasteiger partial charge in [0, 0.05) is 32.8 Å². The van der Waals surface area contributed by atoms with Crippen molar-refractivity contribution < 1.29 is 9.47 Å². The molecule has 0 saturated carbocycles. The molecule has 1 fully saturated rings. The third-order valence-corrected chi connectivity index (χ3v) is 4.06. The van der Waals surface area contributed by atoms with Crippen molar-refractivity contribution in [3.05, 3.63) is 0 Å². The Hall–Kier alpha value is -0.160. The maximum absolute atomic E-state index is 6.20. The smallest absolute Gasteiger partial charge is 0.0773 e. The monoisotopic (exact) mass is 258 g/mol. The van der Waals surface area contributed by atoms with Crippen molar-refractivity contribution in [2.75, 3.05) is 33.4 Å². The Balaban J connectivity index is 2.37. The molecule has 1 heterocycles. The van der Waals surface area contributed by atoms with Crippen LogP contribution < -0.4 is 5.73 Å². The van der Waals surface area contributed by atoms with E-state index in [1.807, 2.05) is 0 Å². The lowest BCUT2D eigenvalue weighted by molar-refractivity contribution is -0.00459. The molecule has 4 heteroatoms. The van der Waals surface area contributed by atoms with Crippen LogP contribution in [-0.4, -0.2) is 56.0 Å². The van der Waals surface area contributed by atoms with Crippen molar-refractivity contribution in [2.45, 2.75) is 57.8 Å². The zero-order chi connectivity index (χ0) is 13.6.